The largest absolute Gasteiger partial charge is 0.491 e. The second-order valence-corrected chi connectivity index (χ2v) is 6.50. The van der Waals surface area contributed by atoms with Crippen molar-refractivity contribution < 1.29 is 14.6 Å². The molecule has 1 saturated carbocycles. The molecule has 1 aliphatic heterocycles. The summed E-state index contributed by atoms with van der Waals surface area (Å²) >= 11 is 6.07. The first-order chi connectivity index (χ1) is 10.6. The topological polar surface area (TPSA) is 70.6 Å². The molecular formula is C16H21ClN2O3. The lowest BCUT2D eigenvalue weighted by atomic mass is 9.87. The summed E-state index contributed by atoms with van der Waals surface area (Å²) < 4.78 is 5.56. The number of urea groups is 1. The van der Waals surface area contributed by atoms with E-state index in [4.69, 9.17) is 16.3 Å². The molecule has 1 aromatic rings. The van der Waals surface area contributed by atoms with Gasteiger partial charge in [0.2, 0.25) is 0 Å². The second-order valence-electron chi connectivity index (χ2n) is 6.06. The first-order valence-electron chi connectivity index (χ1n) is 7.80. The van der Waals surface area contributed by atoms with Gasteiger partial charge in [-0.15, -0.1) is 0 Å². The summed E-state index contributed by atoms with van der Waals surface area (Å²) in [5, 5.41) is 15.9. The predicted molar refractivity (Wildman–Crippen MR) is 85.6 cm³/mol. The Kier molecular flexibility index (Phi) is 4.74. The maximum Gasteiger partial charge on any atom is 0.319 e. The van der Waals surface area contributed by atoms with Gasteiger partial charge in [0.1, 0.15) is 5.75 Å². The number of rotatable bonds is 3. The van der Waals surface area contributed by atoms with Crippen LogP contribution in [0.25, 0.3) is 0 Å². The van der Waals surface area contributed by atoms with Crippen molar-refractivity contribution in [1.82, 2.24) is 5.32 Å². The van der Waals surface area contributed by atoms with Crippen molar-refractivity contribution in [2.75, 3.05) is 18.5 Å². The number of carbonyl (C=O) groups is 1. The number of anilines is 1. The lowest BCUT2D eigenvalue weighted by Crippen LogP contribution is -2.35. The van der Waals surface area contributed by atoms with Gasteiger partial charge >= 0.3 is 6.03 Å². The molecule has 2 aliphatic rings. The van der Waals surface area contributed by atoms with Crippen LogP contribution in [0, 0.1) is 5.92 Å². The maximum absolute atomic E-state index is 12.1. The Morgan fingerprint density at radius 2 is 2.27 bits per heavy atom. The number of aliphatic hydroxyl groups is 1. The number of amides is 2. The number of ether oxygens (including phenoxy) is 1. The van der Waals surface area contributed by atoms with Crippen molar-refractivity contribution in [2.45, 2.75) is 38.2 Å². The third-order valence-electron chi connectivity index (χ3n) is 4.30. The van der Waals surface area contributed by atoms with Crippen LogP contribution in [0.3, 0.4) is 0 Å². The summed E-state index contributed by atoms with van der Waals surface area (Å²) in [4.78, 5) is 12.1. The van der Waals surface area contributed by atoms with E-state index in [2.05, 4.69) is 10.6 Å². The smallest absolute Gasteiger partial charge is 0.319 e. The van der Waals surface area contributed by atoms with Crippen molar-refractivity contribution in [3.63, 3.8) is 0 Å². The van der Waals surface area contributed by atoms with Crippen molar-refractivity contribution >= 4 is 23.3 Å². The summed E-state index contributed by atoms with van der Waals surface area (Å²) in [5.74, 6) is 1.06. The number of aliphatic hydroxyl groups excluding tert-OH is 1. The molecule has 120 valence electrons. The van der Waals surface area contributed by atoms with Crippen molar-refractivity contribution in [3.8, 4) is 5.75 Å². The zero-order chi connectivity index (χ0) is 15.5. The van der Waals surface area contributed by atoms with E-state index in [1.54, 1.807) is 6.07 Å². The third-order valence-corrected chi connectivity index (χ3v) is 4.52. The summed E-state index contributed by atoms with van der Waals surface area (Å²) in [7, 11) is 0. The highest BCUT2D eigenvalue weighted by molar-refractivity contribution is 6.31. The van der Waals surface area contributed by atoms with Gasteiger partial charge in [-0.2, -0.15) is 0 Å². The normalized spacial score (nSPS) is 23.5. The quantitative estimate of drug-likeness (QED) is 0.800. The minimum absolute atomic E-state index is 0.229. The van der Waals surface area contributed by atoms with Gasteiger partial charge < -0.3 is 20.5 Å². The molecule has 0 saturated heterocycles. The number of nitrogens with one attached hydrogen (secondary N) is 2. The Bertz CT molecular complexity index is 565. The Morgan fingerprint density at radius 1 is 1.41 bits per heavy atom. The predicted octanol–water partition coefficient (Wildman–Crippen LogP) is 2.95. The van der Waals surface area contributed by atoms with Gasteiger partial charge in [0, 0.05) is 23.6 Å². The van der Waals surface area contributed by atoms with Crippen LogP contribution in [-0.2, 0) is 6.42 Å². The van der Waals surface area contributed by atoms with Crippen molar-refractivity contribution in [2.24, 2.45) is 5.92 Å². The lowest BCUT2D eigenvalue weighted by molar-refractivity contribution is 0.101. The molecule has 22 heavy (non-hydrogen) atoms. The average Bonchev–Trinajstić information content (AvgIpc) is 2.93. The number of halogens is 1. The minimum Gasteiger partial charge on any atom is -0.491 e. The van der Waals surface area contributed by atoms with E-state index in [0.717, 1.165) is 37.7 Å². The van der Waals surface area contributed by atoms with Gasteiger partial charge in [-0.25, -0.2) is 4.79 Å². The molecule has 0 bridgehead atoms. The fourth-order valence-corrected chi connectivity index (χ4v) is 3.45. The number of benzene rings is 1. The molecule has 5 nitrogen and oxygen atoms in total. The molecule has 1 fully saturated rings. The maximum atomic E-state index is 12.1. The van der Waals surface area contributed by atoms with Gasteiger partial charge in [0.05, 0.1) is 18.4 Å². The number of hydrogen-bond donors (Lipinski definition) is 3. The highest BCUT2D eigenvalue weighted by Crippen LogP contribution is 2.36. The van der Waals surface area contributed by atoms with E-state index < -0.39 is 0 Å². The molecule has 1 aromatic carbocycles. The Morgan fingerprint density at radius 3 is 3.09 bits per heavy atom. The van der Waals surface area contributed by atoms with E-state index in [1.165, 1.54) is 0 Å². The first-order valence-corrected chi connectivity index (χ1v) is 8.18. The van der Waals surface area contributed by atoms with Crippen LogP contribution in [0.2, 0.25) is 5.02 Å². The fraction of sp³-hybridized carbons (Fsp3) is 0.562. The molecule has 2 amide bonds. The van der Waals surface area contributed by atoms with Crippen LogP contribution in [0.4, 0.5) is 10.5 Å². The summed E-state index contributed by atoms with van der Waals surface area (Å²) in [6, 6.07) is 3.31. The molecule has 0 radical (unpaired) electrons. The average molecular weight is 325 g/mol. The van der Waals surface area contributed by atoms with Crippen molar-refractivity contribution in [1.29, 1.82) is 0 Å². The van der Waals surface area contributed by atoms with Crippen LogP contribution in [-0.4, -0.2) is 30.4 Å². The molecule has 2 atom stereocenters. The SMILES string of the molecule is O=C(NCC1CCCC(O)C1)Nc1cc(Cl)cc2c1OCC2. The molecule has 3 N–H and O–H groups in total. The van der Waals surface area contributed by atoms with Gasteiger partial charge in [-0.3, -0.25) is 0 Å². The summed E-state index contributed by atoms with van der Waals surface area (Å²) in [6.07, 6.45) is 4.28. The number of carbonyl (C=O) groups excluding carboxylic acids is 1. The molecule has 0 aromatic heterocycles. The summed E-state index contributed by atoms with van der Waals surface area (Å²) in [6.45, 7) is 1.19. The summed E-state index contributed by atoms with van der Waals surface area (Å²) in [5.41, 5.74) is 1.64. The molecule has 2 unspecified atom stereocenters. The van der Waals surface area contributed by atoms with Crippen LogP contribution < -0.4 is 15.4 Å². The van der Waals surface area contributed by atoms with E-state index in [9.17, 15) is 9.90 Å². The minimum atomic E-state index is -0.264. The Labute approximate surface area is 135 Å². The van der Waals surface area contributed by atoms with Crippen molar-refractivity contribution in [3.05, 3.63) is 22.7 Å². The molecule has 1 aliphatic carbocycles. The second kappa shape index (κ2) is 6.75. The molecule has 1 heterocycles. The van der Waals surface area contributed by atoms with Gasteiger partial charge in [-0.1, -0.05) is 18.0 Å². The first kappa shape index (κ1) is 15.4. The van der Waals surface area contributed by atoms with E-state index in [-0.39, 0.29) is 12.1 Å². The lowest BCUT2D eigenvalue weighted by Gasteiger charge is -2.25. The number of fused-ring (bicyclic) bond motifs is 1. The van der Waals surface area contributed by atoms with Crippen LogP contribution in [0.15, 0.2) is 12.1 Å². The monoisotopic (exact) mass is 324 g/mol. The van der Waals surface area contributed by atoms with Crippen LogP contribution in [0.1, 0.15) is 31.2 Å². The van der Waals surface area contributed by atoms with Crippen LogP contribution in [0.5, 0.6) is 5.75 Å². The number of hydrogen-bond acceptors (Lipinski definition) is 3. The zero-order valence-corrected chi connectivity index (χ0v) is 13.2. The van der Waals surface area contributed by atoms with Crippen LogP contribution >= 0.6 is 11.6 Å². The van der Waals surface area contributed by atoms with E-state index >= 15 is 0 Å². The molecular weight excluding hydrogens is 304 g/mol. The third kappa shape index (κ3) is 3.65. The Hall–Kier alpha value is -1.46. The van der Waals surface area contributed by atoms with Gasteiger partial charge in [0.15, 0.2) is 0 Å². The van der Waals surface area contributed by atoms with E-state index in [1.807, 2.05) is 6.07 Å². The van der Waals surface area contributed by atoms with E-state index in [0.29, 0.717) is 35.5 Å². The molecule has 3 rings (SSSR count). The standard InChI is InChI=1S/C16H21ClN2O3/c17-12-7-11-4-5-22-15(11)14(8-12)19-16(21)18-9-10-2-1-3-13(20)6-10/h7-8,10,13,20H,1-6,9H2,(H2,18,19,21). The molecule has 6 heteroatoms. The van der Waals surface area contributed by atoms with Gasteiger partial charge in [-0.05, 0) is 37.3 Å². The zero-order valence-electron chi connectivity index (χ0n) is 12.4. The Balaban J connectivity index is 1.56. The molecule has 0 spiro atoms. The highest BCUT2D eigenvalue weighted by atomic mass is 35.5. The fourth-order valence-electron chi connectivity index (χ4n) is 3.21. The highest BCUT2D eigenvalue weighted by Gasteiger charge is 2.22. The van der Waals surface area contributed by atoms with Gasteiger partial charge in [0.25, 0.3) is 0 Å².